The molecule has 0 saturated carbocycles. The second-order valence-electron chi connectivity index (χ2n) is 10.3. The second kappa shape index (κ2) is 15.2. The standard InChI is InChI=1S/C33H39N3O5/c1-2-31(38)29-11-7-6-10-27(29)21-28(23-37)34-33(40)30(20-24-8-4-3-5-9-24)35-32(39)26-14-12-25(13-15-26)22-36-16-18-41-19-17-36/h3-15,28,30,37H,2,16-23H2,1H3,(H,34,40)(H,35,39)/t28-,30-/m0/s1. The molecule has 2 atom stereocenters. The van der Waals surface area contributed by atoms with Crippen molar-refractivity contribution in [1.29, 1.82) is 0 Å². The van der Waals surface area contributed by atoms with Crippen LogP contribution in [0.2, 0.25) is 0 Å². The van der Waals surface area contributed by atoms with Crippen LogP contribution in [0.3, 0.4) is 0 Å². The van der Waals surface area contributed by atoms with Gasteiger partial charge < -0.3 is 20.5 Å². The Hall–Kier alpha value is -3.85. The zero-order chi connectivity index (χ0) is 29.0. The maximum Gasteiger partial charge on any atom is 0.251 e. The van der Waals surface area contributed by atoms with Crippen molar-refractivity contribution in [1.82, 2.24) is 15.5 Å². The molecule has 216 valence electrons. The summed E-state index contributed by atoms with van der Waals surface area (Å²) in [5.41, 5.74) is 3.82. The third-order valence-corrected chi connectivity index (χ3v) is 7.30. The third-order valence-electron chi connectivity index (χ3n) is 7.30. The highest BCUT2D eigenvalue weighted by Gasteiger charge is 2.25. The molecule has 41 heavy (non-hydrogen) atoms. The summed E-state index contributed by atoms with van der Waals surface area (Å²) >= 11 is 0. The van der Waals surface area contributed by atoms with Crippen LogP contribution in [0, 0.1) is 0 Å². The van der Waals surface area contributed by atoms with E-state index in [0.717, 1.165) is 49.5 Å². The van der Waals surface area contributed by atoms with Gasteiger partial charge in [-0.1, -0.05) is 73.7 Å². The van der Waals surface area contributed by atoms with Gasteiger partial charge in [0.15, 0.2) is 5.78 Å². The van der Waals surface area contributed by atoms with Crippen molar-refractivity contribution in [3.63, 3.8) is 0 Å². The number of carbonyl (C=O) groups is 3. The van der Waals surface area contributed by atoms with Gasteiger partial charge in [-0.2, -0.15) is 0 Å². The van der Waals surface area contributed by atoms with Crippen LogP contribution >= 0.6 is 0 Å². The number of amides is 2. The van der Waals surface area contributed by atoms with Gasteiger partial charge in [0.05, 0.1) is 25.9 Å². The number of hydrogen-bond acceptors (Lipinski definition) is 6. The fourth-order valence-electron chi connectivity index (χ4n) is 4.97. The van der Waals surface area contributed by atoms with E-state index in [-0.39, 0.29) is 24.7 Å². The topological polar surface area (TPSA) is 108 Å². The van der Waals surface area contributed by atoms with Gasteiger partial charge in [0.25, 0.3) is 5.91 Å². The number of carbonyl (C=O) groups excluding carboxylic acids is 3. The van der Waals surface area contributed by atoms with Crippen LogP contribution < -0.4 is 10.6 Å². The minimum Gasteiger partial charge on any atom is -0.394 e. The van der Waals surface area contributed by atoms with Gasteiger partial charge in [0.2, 0.25) is 5.91 Å². The van der Waals surface area contributed by atoms with Gasteiger partial charge in [0.1, 0.15) is 6.04 Å². The summed E-state index contributed by atoms with van der Waals surface area (Å²) in [6, 6.07) is 22.7. The van der Waals surface area contributed by atoms with Crippen LogP contribution in [0.5, 0.6) is 0 Å². The maximum absolute atomic E-state index is 13.5. The number of aliphatic hydroxyl groups is 1. The number of morpholine rings is 1. The molecule has 0 aliphatic carbocycles. The van der Waals surface area contributed by atoms with Crippen LogP contribution in [0.25, 0.3) is 0 Å². The molecular weight excluding hydrogens is 518 g/mol. The lowest BCUT2D eigenvalue weighted by Gasteiger charge is -2.26. The predicted molar refractivity (Wildman–Crippen MR) is 158 cm³/mol. The zero-order valence-electron chi connectivity index (χ0n) is 23.6. The average molecular weight is 558 g/mol. The van der Waals surface area contributed by atoms with Crippen LogP contribution in [-0.2, 0) is 28.9 Å². The van der Waals surface area contributed by atoms with Gasteiger partial charge in [-0.05, 0) is 35.2 Å². The number of ether oxygens (including phenoxy) is 1. The van der Waals surface area contributed by atoms with Gasteiger partial charge in [-0.15, -0.1) is 0 Å². The smallest absolute Gasteiger partial charge is 0.251 e. The fourth-order valence-corrected chi connectivity index (χ4v) is 4.97. The van der Waals surface area contributed by atoms with Crippen molar-refractivity contribution in [3.8, 4) is 0 Å². The van der Waals surface area contributed by atoms with E-state index in [1.807, 2.05) is 54.6 Å². The number of aliphatic hydroxyl groups excluding tert-OH is 1. The summed E-state index contributed by atoms with van der Waals surface area (Å²) in [7, 11) is 0. The van der Waals surface area contributed by atoms with Crippen LogP contribution in [0.4, 0.5) is 0 Å². The van der Waals surface area contributed by atoms with E-state index in [9.17, 15) is 19.5 Å². The van der Waals surface area contributed by atoms with E-state index in [4.69, 9.17) is 4.74 Å². The molecule has 8 heteroatoms. The van der Waals surface area contributed by atoms with E-state index in [0.29, 0.717) is 24.0 Å². The Balaban J connectivity index is 1.45. The highest BCUT2D eigenvalue weighted by atomic mass is 16.5. The minimum absolute atomic E-state index is 0.00815. The maximum atomic E-state index is 13.5. The van der Waals surface area contributed by atoms with Gasteiger partial charge in [-0.3, -0.25) is 19.3 Å². The van der Waals surface area contributed by atoms with Crippen molar-refractivity contribution in [2.24, 2.45) is 0 Å². The van der Waals surface area contributed by atoms with Crippen LogP contribution in [0.1, 0.15) is 50.8 Å². The monoisotopic (exact) mass is 557 g/mol. The highest BCUT2D eigenvalue weighted by Crippen LogP contribution is 2.15. The van der Waals surface area contributed by atoms with Gasteiger partial charge in [0, 0.05) is 43.6 Å². The van der Waals surface area contributed by atoms with Crippen LogP contribution in [0.15, 0.2) is 78.9 Å². The Morgan fingerprint density at radius 1 is 0.854 bits per heavy atom. The average Bonchev–Trinajstić information content (AvgIpc) is 3.01. The Kier molecular flexibility index (Phi) is 11.2. The lowest BCUT2D eigenvalue weighted by atomic mass is 9.96. The Morgan fingerprint density at radius 3 is 2.22 bits per heavy atom. The fraction of sp³-hybridized carbons (Fsp3) is 0.364. The molecule has 0 unspecified atom stereocenters. The first-order valence-electron chi connectivity index (χ1n) is 14.2. The molecule has 1 heterocycles. The van der Waals surface area contributed by atoms with Crippen molar-refractivity contribution < 1.29 is 24.2 Å². The molecule has 1 fully saturated rings. The lowest BCUT2D eigenvalue weighted by Crippen LogP contribution is -2.52. The summed E-state index contributed by atoms with van der Waals surface area (Å²) in [5, 5.41) is 15.9. The number of nitrogens with zero attached hydrogens (tertiary/aromatic N) is 1. The van der Waals surface area contributed by atoms with E-state index < -0.39 is 18.0 Å². The molecule has 3 N–H and O–H groups in total. The van der Waals surface area contributed by atoms with Gasteiger partial charge in [-0.25, -0.2) is 0 Å². The molecule has 8 nitrogen and oxygen atoms in total. The van der Waals surface area contributed by atoms with E-state index in [1.54, 1.807) is 31.2 Å². The minimum atomic E-state index is -0.862. The number of ketones is 1. The summed E-state index contributed by atoms with van der Waals surface area (Å²) in [6.07, 6.45) is 0.948. The number of benzene rings is 3. The van der Waals surface area contributed by atoms with Crippen LogP contribution in [-0.4, -0.2) is 72.6 Å². The van der Waals surface area contributed by atoms with Crippen molar-refractivity contribution in [3.05, 3.63) is 107 Å². The summed E-state index contributed by atoms with van der Waals surface area (Å²) in [5.74, 6) is -0.739. The molecule has 0 spiro atoms. The Labute approximate surface area is 241 Å². The van der Waals surface area contributed by atoms with E-state index in [2.05, 4.69) is 15.5 Å². The molecule has 1 aliphatic rings. The Bertz CT molecular complexity index is 1290. The molecule has 0 bridgehead atoms. The molecule has 1 saturated heterocycles. The van der Waals surface area contributed by atoms with E-state index in [1.165, 1.54) is 0 Å². The molecule has 3 aromatic rings. The molecule has 2 amide bonds. The van der Waals surface area contributed by atoms with Gasteiger partial charge >= 0.3 is 0 Å². The third kappa shape index (κ3) is 8.82. The summed E-state index contributed by atoms with van der Waals surface area (Å²) < 4.78 is 5.41. The SMILES string of the molecule is CCC(=O)c1ccccc1C[C@@H](CO)NC(=O)[C@H](Cc1ccccc1)NC(=O)c1ccc(CN2CCOCC2)cc1. The molecule has 3 aromatic carbocycles. The molecule has 1 aliphatic heterocycles. The highest BCUT2D eigenvalue weighted by molar-refractivity contribution is 5.98. The zero-order valence-corrected chi connectivity index (χ0v) is 23.6. The molecule has 0 radical (unpaired) electrons. The first-order chi connectivity index (χ1) is 20.0. The molecule has 4 rings (SSSR count). The quantitative estimate of drug-likeness (QED) is 0.279. The molecular formula is C33H39N3O5. The Morgan fingerprint density at radius 2 is 1.54 bits per heavy atom. The van der Waals surface area contributed by atoms with Crippen molar-refractivity contribution >= 4 is 17.6 Å². The first kappa shape index (κ1) is 30.1. The van der Waals surface area contributed by atoms with E-state index >= 15 is 0 Å². The number of rotatable bonds is 13. The lowest BCUT2D eigenvalue weighted by molar-refractivity contribution is -0.124. The number of Topliss-reactive ketones (excluding diaryl/α,β-unsaturated/α-hetero) is 1. The summed E-state index contributed by atoms with van der Waals surface area (Å²) in [4.78, 5) is 41.5. The largest absolute Gasteiger partial charge is 0.394 e. The predicted octanol–water partition coefficient (Wildman–Crippen LogP) is 3.17. The normalized spacial score (nSPS) is 15.1. The second-order valence-corrected chi connectivity index (χ2v) is 10.3. The van der Waals surface area contributed by atoms with Crippen molar-refractivity contribution in [2.75, 3.05) is 32.9 Å². The number of nitrogens with one attached hydrogen (secondary N) is 2. The first-order valence-corrected chi connectivity index (χ1v) is 14.2. The molecule has 0 aromatic heterocycles. The van der Waals surface area contributed by atoms with Crippen molar-refractivity contribution in [2.45, 2.75) is 44.8 Å². The summed E-state index contributed by atoms with van der Waals surface area (Å²) in [6.45, 7) is 5.51. The number of hydrogen-bond donors (Lipinski definition) is 3.